The van der Waals surface area contributed by atoms with E-state index in [1.165, 1.54) is 14.3 Å². The molecule has 16 heavy (non-hydrogen) atoms. The molecule has 82 valence electrons. The number of thiophene rings is 2. The number of nitrogens with zero attached hydrogens (tertiary/aromatic N) is 1. The molecule has 2 N–H and O–H groups in total. The van der Waals surface area contributed by atoms with Crippen LogP contribution in [0.25, 0.3) is 9.40 Å². The molecule has 0 aliphatic carbocycles. The SMILES string of the molecule is NC(Cc1nccs1)c1cc2sccc2s1. The van der Waals surface area contributed by atoms with Gasteiger partial charge in [0.15, 0.2) is 0 Å². The highest BCUT2D eigenvalue weighted by Gasteiger charge is 2.12. The maximum atomic E-state index is 6.19. The van der Waals surface area contributed by atoms with E-state index in [2.05, 4.69) is 22.5 Å². The normalized spacial score (nSPS) is 13.3. The minimum Gasteiger partial charge on any atom is -0.323 e. The quantitative estimate of drug-likeness (QED) is 0.785. The number of rotatable bonds is 3. The van der Waals surface area contributed by atoms with Crippen molar-refractivity contribution < 1.29 is 0 Å². The fraction of sp³-hybridized carbons (Fsp3) is 0.182. The smallest absolute Gasteiger partial charge is 0.0944 e. The van der Waals surface area contributed by atoms with Gasteiger partial charge in [0.05, 0.1) is 5.01 Å². The van der Waals surface area contributed by atoms with Gasteiger partial charge in [-0.05, 0) is 17.5 Å². The lowest BCUT2D eigenvalue weighted by Crippen LogP contribution is -2.11. The number of aromatic nitrogens is 1. The standard InChI is InChI=1S/C11H10N2S3/c12-7(5-11-13-2-4-15-11)9-6-10-8(16-9)1-3-14-10/h1-4,6-7H,5,12H2. The van der Waals surface area contributed by atoms with E-state index in [1.807, 2.05) is 11.6 Å². The zero-order valence-corrected chi connectivity index (χ0v) is 10.9. The zero-order valence-electron chi connectivity index (χ0n) is 8.42. The summed E-state index contributed by atoms with van der Waals surface area (Å²) < 4.78 is 2.68. The van der Waals surface area contributed by atoms with E-state index in [9.17, 15) is 0 Å². The first-order valence-corrected chi connectivity index (χ1v) is 7.51. The lowest BCUT2D eigenvalue weighted by atomic mass is 10.2. The summed E-state index contributed by atoms with van der Waals surface area (Å²) in [4.78, 5) is 5.53. The van der Waals surface area contributed by atoms with E-state index in [4.69, 9.17) is 5.73 Å². The maximum absolute atomic E-state index is 6.19. The Morgan fingerprint density at radius 2 is 2.19 bits per heavy atom. The van der Waals surface area contributed by atoms with Gasteiger partial charge in [0.1, 0.15) is 0 Å². The summed E-state index contributed by atoms with van der Waals surface area (Å²) >= 11 is 5.24. The molecule has 0 amide bonds. The Hall–Kier alpha value is -0.750. The molecule has 2 nitrogen and oxygen atoms in total. The first-order chi connectivity index (χ1) is 7.83. The molecule has 0 aliphatic heterocycles. The topological polar surface area (TPSA) is 38.9 Å². The first kappa shape index (κ1) is 10.4. The number of hydrogen-bond donors (Lipinski definition) is 1. The van der Waals surface area contributed by atoms with Gasteiger partial charge >= 0.3 is 0 Å². The average molecular weight is 266 g/mol. The average Bonchev–Trinajstić information content (AvgIpc) is 2.91. The van der Waals surface area contributed by atoms with Crippen LogP contribution in [0.1, 0.15) is 15.9 Å². The van der Waals surface area contributed by atoms with E-state index >= 15 is 0 Å². The van der Waals surface area contributed by atoms with Crippen LogP contribution in [0.15, 0.2) is 29.1 Å². The Balaban J connectivity index is 1.84. The van der Waals surface area contributed by atoms with Crippen molar-refractivity contribution in [2.24, 2.45) is 5.73 Å². The van der Waals surface area contributed by atoms with Crippen LogP contribution in [0.5, 0.6) is 0 Å². The maximum Gasteiger partial charge on any atom is 0.0944 e. The molecule has 0 bridgehead atoms. The lowest BCUT2D eigenvalue weighted by Gasteiger charge is -2.06. The molecular weight excluding hydrogens is 256 g/mol. The van der Waals surface area contributed by atoms with E-state index in [-0.39, 0.29) is 6.04 Å². The molecule has 3 rings (SSSR count). The van der Waals surface area contributed by atoms with Gasteiger partial charge < -0.3 is 5.73 Å². The van der Waals surface area contributed by atoms with Crippen LogP contribution < -0.4 is 5.73 Å². The summed E-state index contributed by atoms with van der Waals surface area (Å²) in [6.45, 7) is 0. The van der Waals surface area contributed by atoms with Crippen LogP contribution in [-0.2, 0) is 6.42 Å². The van der Waals surface area contributed by atoms with Crippen molar-refractivity contribution in [3.63, 3.8) is 0 Å². The van der Waals surface area contributed by atoms with Gasteiger partial charge in [-0.3, -0.25) is 0 Å². The molecule has 0 fully saturated rings. The van der Waals surface area contributed by atoms with Gasteiger partial charge in [0.2, 0.25) is 0 Å². The summed E-state index contributed by atoms with van der Waals surface area (Å²) in [5.41, 5.74) is 6.19. The minimum atomic E-state index is 0.0794. The van der Waals surface area contributed by atoms with Crippen LogP contribution in [0.2, 0.25) is 0 Å². The second kappa shape index (κ2) is 4.25. The van der Waals surface area contributed by atoms with Crippen molar-refractivity contribution >= 4 is 43.4 Å². The van der Waals surface area contributed by atoms with Crippen molar-refractivity contribution in [1.29, 1.82) is 0 Å². The molecule has 1 unspecified atom stereocenters. The van der Waals surface area contributed by atoms with Crippen molar-refractivity contribution in [3.05, 3.63) is 39.0 Å². The second-order valence-corrected chi connectivity index (χ2v) is 6.58. The molecule has 3 heterocycles. The summed E-state index contributed by atoms with van der Waals surface area (Å²) in [6, 6.07) is 4.45. The summed E-state index contributed by atoms with van der Waals surface area (Å²) in [7, 11) is 0. The number of hydrogen-bond acceptors (Lipinski definition) is 5. The molecule has 0 saturated carbocycles. The van der Waals surface area contributed by atoms with Gasteiger partial charge in [-0.15, -0.1) is 34.0 Å². The van der Waals surface area contributed by atoms with Crippen LogP contribution in [0.3, 0.4) is 0 Å². The number of fused-ring (bicyclic) bond motifs is 1. The molecule has 0 radical (unpaired) electrons. The number of thiazole rings is 1. The minimum absolute atomic E-state index is 0.0794. The monoisotopic (exact) mass is 266 g/mol. The highest BCUT2D eigenvalue weighted by molar-refractivity contribution is 7.27. The van der Waals surface area contributed by atoms with E-state index in [0.717, 1.165) is 11.4 Å². The van der Waals surface area contributed by atoms with E-state index in [0.29, 0.717) is 0 Å². The molecule has 5 heteroatoms. The van der Waals surface area contributed by atoms with Gasteiger partial charge in [-0.2, -0.15) is 0 Å². The molecule has 3 aromatic rings. The molecular formula is C11H10N2S3. The lowest BCUT2D eigenvalue weighted by molar-refractivity contribution is 0.732. The Kier molecular flexibility index (Phi) is 2.77. The molecule has 0 aliphatic rings. The van der Waals surface area contributed by atoms with Crippen LogP contribution >= 0.6 is 34.0 Å². The predicted molar refractivity (Wildman–Crippen MR) is 72.4 cm³/mol. The van der Waals surface area contributed by atoms with Gasteiger partial charge in [-0.1, -0.05) is 0 Å². The van der Waals surface area contributed by atoms with Crippen molar-refractivity contribution in [2.75, 3.05) is 0 Å². The van der Waals surface area contributed by atoms with Crippen LogP contribution in [0, 0.1) is 0 Å². The first-order valence-electron chi connectivity index (χ1n) is 4.94. The van der Waals surface area contributed by atoms with Crippen LogP contribution in [0.4, 0.5) is 0 Å². The highest BCUT2D eigenvalue weighted by Crippen LogP contribution is 2.33. The summed E-state index contributed by atoms with van der Waals surface area (Å²) in [5, 5.41) is 5.23. The van der Waals surface area contributed by atoms with Crippen molar-refractivity contribution in [1.82, 2.24) is 4.98 Å². The third-order valence-corrected chi connectivity index (χ3v) is 5.43. The largest absolute Gasteiger partial charge is 0.323 e. The molecule has 3 aromatic heterocycles. The van der Waals surface area contributed by atoms with E-state index < -0.39 is 0 Å². The Bertz CT molecular complexity index is 551. The van der Waals surface area contributed by atoms with Gasteiger partial charge in [0.25, 0.3) is 0 Å². The third-order valence-electron chi connectivity index (χ3n) is 2.40. The van der Waals surface area contributed by atoms with E-state index in [1.54, 1.807) is 34.0 Å². The van der Waals surface area contributed by atoms with Crippen molar-refractivity contribution in [3.8, 4) is 0 Å². The fourth-order valence-corrected chi connectivity index (χ4v) is 4.41. The second-order valence-electron chi connectivity index (χ2n) is 3.53. The Labute approximate surface area is 105 Å². The van der Waals surface area contributed by atoms with Crippen LogP contribution in [-0.4, -0.2) is 4.98 Å². The van der Waals surface area contributed by atoms with Gasteiger partial charge in [-0.25, -0.2) is 4.98 Å². The predicted octanol–water partition coefficient (Wildman–Crippen LogP) is 3.66. The molecule has 0 aromatic carbocycles. The third kappa shape index (κ3) is 1.91. The van der Waals surface area contributed by atoms with Gasteiger partial charge in [0, 0.05) is 38.3 Å². The summed E-state index contributed by atoms with van der Waals surface area (Å²) in [5.74, 6) is 0. The zero-order chi connectivity index (χ0) is 11.0. The van der Waals surface area contributed by atoms with Crippen molar-refractivity contribution in [2.45, 2.75) is 12.5 Å². The highest BCUT2D eigenvalue weighted by atomic mass is 32.1. The Morgan fingerprint density at radius 1 is 1.25 bits per heavy atom. The molecule has 0 saturated heterocycles. The molecule has 1 atom stereocenters. The number of nitrogens with two attached hydrogens (primary N) is 1. The molecule has 0 spiro atoms. The Morgan fingerprint density at radius 3 is 2.94 bits per heavy atom. The fourth-order valence-electron chi connectivity index (χ4n) is 1.61. The summed E-state index contributed by atoms with van der Waals surface area (Å²) in [6.07, 6.45) is 2.67.